The summed E-state index contributed by atoms with van der Waals surface area (Å²) >= 11 is 0. The minimum atomic E-state index is -1.56. The summed E-state index contributed by atoms with van der Waals surface area (Å²) in [5, 5.41) is 30.8. The minimum Gasteiger partial charge on any atom is -0.387 e. The van der Waals surface area contributed by atoms with E-state index in [2.05, 4.69) is 13.8 Å². The maximum atomic E-state index is 12.4. The van der Waals surface area contributed by atoms with Gasteiger partial charge in [-0.1, -0.05) is 167 Å². The standard InChI is InChI=1S/C34H67NO4/c1-3-5-7-9-11-13-15-17-19-20-22-24-26-28-30(36)32(35)34(39)33(38)31(37)29-27-25-23-21-18-16-14-12-10-8-6-4-2/h26,28,30-32,34,36-37,39H,3-25,27,29,35H2,1-2H3/b28-26+/t30-,31?,32+,34?/m1/s1. The highest BCUT2D eigenvalue weighted by molar-refractivity contribution is 5.87. The van der Waals surface area contributed by atoms with Crippen LogP contribution in [0.2, 0.25) is 0 Å². The Morgan fingerprint density at radius 2 is 0.949 bits per heavy atom. The number of hydrogen-bond donors (Lipinski definition) is 4. The number of carbonyl (C=O) groups is 1. The highest BCUT2D eigenvalue weighted by Crippen LogP contribution is 2.15. The predicted octanol–water partition coefficient (Wildman–Crippen LogP) is 8.31. The number of aliphatic hydroxyl groups excluding tert-OH is 3. The molecule has 5 heteroatoms. The average molecular weight is 554 g/mol. The van der Waals surface area contributed by atoms with Gasteiger partial charge in [0.2, 0.25) is 0 Å². The zero-order valence-electron chi connectivity index (χ0n) is 26.0. The molecule has 0 bridgehead atoms. The molecule has 0 aliphatic rings. The van der Waals surface area contributed by atoms with Gasteiger partial charge in [0.05, 0.1) is 12.1 Å². The van der Waals surface area contributed by atoms with E-state index in [0.717, 1.165) is 32.1 Å². The maximum absolute atomic E-state index is 12.4. The van der Waals surface area contributed by atoms with E-state index < -0.39 is 30.1 Å². The van der Waals surface area contributed by atoms with Gasteiger partial charge in [-0.3, -0.25) is 4.79 Å². The maximum Gasteiger partial charge on any atom is 0.191 e. The quantitative estimate of drug-likeness (QED) is 0.0529. The number of aliphatic hydroxyl groups is 3. The predicted molar refractivity (Wildman–Crippen MR) is 167 cm³/mol. The highest BCUT2D eigenvalue weighted by Gasteiger charge is 2.31. The molecule has 5 nitrogen and oxygen atoms in total. The van der Waals surface area contributed by atoms with Crippen LogP contribution in [0.5, 0.6) is 0 Å². The van der Waals surface area contributed by atoms with E-state index in [1.165, 1.54) is 122 Å². The fourth-order valence-electron chi connectivity index (χ4n) is 5.18. The summed E-state index contributed by atoms with van der Waals surface area (Å²) < 4.78 is 0. The van der Waals surface area contributed by atoms with Gasteiger partial charge >= 0.3 is 0 Å². The molecular weight excluding hydrogens is 486 g/mol. The van der Waals surface area contributed by atoms with Crippen molar-refractivity contribution in [2.24, 2.45) is 5.73 Å². The first-order valence-electron chi connectivity index (χ1n) is 17.0. The van der Waals surface area contributed by atoms with Crippen molar-refractivity contribution in [2.75, 3.05) is 0 Å². The summed E-state index contributed by atoms with van der Waals surface area (Å²) in [6.07, 6.45) is 29.7. The minimum absolute atomic E-state index is 0.338. The Balaban J connectivity index is 3.80. The van der Waals surface area contributed by atoms with E-state index in [0.29, 0.717) is 6.42 Å². The topological polar surface area (TPSA) is 104 Å². The lowest BCUT2D eigenvalue weighted by Gasteiger charge is -2.23. The molecule has 0 aromatic heterocycles. The van der Waals surface area contributed by atoms with E-state index in [4.69, 9.17) is 5.73 Å². The van der Waals surface area contributed by atoms with Gasteiger partial charge in [0.15, 0.2) is 5.78 Å². The zero-order chi connectivity index (χ0) is 29.0. The average Bonchev–Trinajstić information content (AvgIpc) is 2.94. The van der Waals surface area contributed by atoms with Crippen LogP contribution in [0.1, 0.15) is 174 Å². The molecule has 0 rings (SSSR count). The van der Waals surface area contributed by atoms with E-state index in [1.807, 2.05) is 6.08 Å². The van der Waals surface area contributed by atoms with Crippen LogP contribution < -0.4 is 5.73 Å². The van der Waals surface area contributed by atoms with Crippen LogP contribution in [0, 0.1) is 0 Å². The van der Waals surface area contributed by atoms with Gasteiger partial charge in [-0.15, -0.1) is 0 Å². The molecule has 0 radical (unpaired) electrons. The van der Waals surface area contributed by atoms with Crippen LogP contribution in [-0.4, -0.2) is 45.5 Å². The van der Waals surface area contributed by atoms with Crippen molar-refractivity contribution in [3.8, 4) is 0 Å². The SMILES string of the molecule is CCCCCCCCCCCCC/C=C/[C@@H](O)[C@H](N)C(O)C(=O)C(O)CCCCCCCCCCCCCC. The van der Waals surface area contributed by atoms with Crippen molar-refractivity contribution in [3.63, 3.8) is 0 Å². The lowest BCUT2D eigenvalue weighted by molar-refractivity contribution is -0.138. The molecule has 0 aromatic rings. The number of carbonyl (C=O) groups excluding carboxylic acids is 1. The fourth-order valence-corrected chi connectivity index (χ4v) is 5.18. The number of unbranched alkanes of at least 4 members (excludes halogenated alkanes) is 22. The van der Waals surface area contributed by atoms with Gasteiger partial charge in [0.1, 0.15) is 12.2 Å². The summed E-state index contributed by atoms with van der Waals surface area (Å²) in [7, 11) is 0. The first-order valence-corrected chi connectivity index (χ1v) is 17.0. The van der Waals surface area contributed by atoms with Crippen molar-refractivity contribution in [1.29, 1.82) is 0 Å². The second kappa shape index (κ2) is 28.8. The molecule has 0 aliphatic heterocycles. The third kappa shape index (κ3) is 23.6. The van der Waals surface area contributed by atoms with E-state index in [-0.39, 0.29) is 0 Å². The van der Waals surface area contributed by atoms with Gasteiger partial charge in [0, 0.05) is 0 Å². The second-order valence-electron chi connectivity index (χ2n) is 11.9. The number of rotatable bonds is 30. The third-order valence-corrected chi connectivity index (χ3v) is 8.02. The normalized spacial score (nSPS) is 15.0. The van der Waals surface area contributed by atoms with Gasteiger partial charge in [-0.2, -0.15) is 0 Å². The Bertz CT molecular complexity index is 553. The molecule has 0 saturated carbocycles. The van der Waals surface area contributed by atoms with Crippen molar-refractivity contribution in [3.05, 3.63) is 12.2 Å². The van der Waals surface area contributed by atoms with Crippen molar-refractivity contribution >= 4 is 5.78 Å². The highest BCUT2D eigenvalue weighted by atomic mass is 16.3. The summed E-state index contributed by atoms with van der Waals surface area (Å²) in [6, 6.07) is -1.12. The number of hydrogen-bond acceptors (Lipinski definition) is 5. The van der Waals surface area contributed by atoms with Crippen LogP contribution >= 0.6 is 0 Å². The van der Waals surface area contributed by atoms with Crippen molar-refractivity contribution in [2.45, 2.75) is 199 Å². The number of ketones is 1. The van der Waals surface area contributed by atoms with Crippen LogP contribution in [0.3, 0.4) is 0 Å². The molecule has 0 aromatic carbocycles. The van der Waals surface area contributed by atoms with Crippen molar-refractivity contribution < 1.29 is 20.1 Å². The van der Waals surface area contributed by atoms with E-state index in [9.17, 15) is 20.1 Å². The zero-order valence-corrected chi connectivity index (χ0v) is 26.0. The molecule has 0 amide bonds. The first-order chi connectivity index (χ1) is 19.0. The van der Waals surface area contributed by atoms with Gasteiger partial charge < -0.3 is 21.1 Å². The second-order valence-corrected chi connectivity index (χ2v) is 11.9. The lowest BCUT2D eigenvalue weighted by Crippen LogP contribution is -2.50. The van der Waals surface area contributed by atoms with E-state index >= 15 is 0 Å². The summed E-state index contributed by atoms with van der Waals surface area (Å²) in [4.78, 5) is 12.4. The Morgan fingerprint density at radius 3 is 1.36 bits per heavy atom. The van der Waals surface area contributed by atoms with Crippen LogP contribution in [0.15, 0.2) is 12.2 Å². The monoisotopic (exact) mass is 554 g/mol. The molecule has 5 N–H and O–H groups in total. The smallest absolute Gasteiger partial charge is 0.191 e. The van der Waals surface area contributed by atoms with Crippen LogP contribution in [-0.2, 0) is 4.79 Å². The van der Waals surface area contributed by atoms with Crippen molar-refractivity contribution in [1.82, 2.24) is 0 Å². The third-order valence-electron chi connectivity index (χ3n) is 8.02. The molecule has 4 atom stereocenters. The van der Waals surface area contributed by atoms with Gasteiger partial charge in [-0.25, -0.2) is 0 Å². The largest absolute Gasteiger partial charge is 0.387 e. The van der Waals surface area contributed by atoms with Gasteiger partial charge in [-0.05, 0) is 19.3 Å². The molecule has 0 spiro atoms. The molecular formula is C34H67NO4. The number of nitrogens with two attached hydrogens (primary N) is 1. The molecule has 0 saturated heterocycles. The molecule has 2 unspecified atom stereocenters. The molecule has 0 heterocycles. The van der Waals surface area contributed by atoms with Gasteiger partial charge in [0.25, 0.3) is 0 Å². The molecule has 0 fully saturated rings. The Morgan fingerprint density at radius 1 is 0.590 bits per heavy atom. The van der Waals surface area contributed by atoms with E-state index in [1.54, 1.807) is 6.08 Å². The first kappa shape index (κ1) is 38.2. The summed E-state index contributed by atoms with van der Waals surface area (Å²) in [6.45, 7) is 4.50. The molecule has 232 valence electrons. The molecule has 0 aliphatic carbocycles. The molecule has 39 heavy (non-hydrogen) atoms. The Hall–Kier alpha value is -0.750. The van der Waals surface area contributed by atoms with Crippen LogP contribution in [0.25, 0.3) is 0 Å². The Labute approximate surface area is 242 Å². The number of allylic oxidation sites excluding steroid dienone is 1. The summed E-state index contributed by atoms with van der Waals surface area (Å²) in [5.74, 6) is -0.677. The summed E-state index contributed by atoms with van der Waals surface area (Å²) in [5.41, 5.74) is 5.93. The fraction of sp³-hybridized carbons (Fsp3) is 0.912. The number of Topliss-reactive ketones (excluding diaryl/α,β-unsaturated/α-hetero) is 1. The lowest BCUT2D eigenvalue weighted by atomic mass is 9.95. The van der Waals surface area contributed by atoms with Crippen LogP contribution in [0.4, 0.5) is 0 Å². The Kier molecular flexibility index (Phi) is 28.2.